The first-order valence-corrected chi connectivity index (χ1v) is 8.75. The molecule has 0 bridgehead atoms. The Bertz CT molecular complexity index is 438. The van der Waals surface area contributed by atoms with Gasteiger partial charge in [0.25, 0.3) is 0 Å². The second-order valence-electron chi connectivity index (χ2n) is 4.69. The van der Waals surface area contributed by atoms with E-state index in [2.05, 4.69) is 31.5 Å². The molecule has 20 heavy (non-hydrogen) atoms. The van der Waals surface area contributed by atoms with E-state index in [0.717, 1.165) is 36.3 Å². The van der Waals surface area contributed by atoms with Gasteiger partial charge in [-0.05, 0) is 18.2 Å². The van der Waals surface area contributed by atoms with Crippen LogP contribution in [0.5, 0.6) is 0 Å². The molecule has 0 unspecified atom stereocenters. The van der Waals surface area contributed by atoms with Gasteiger partial charge in [0.1, 0.15) is 0 Å². The summed E-state index contributed by atoms with van der Waals surface area (Å²) in [6.45, 7) is 4.56. The molecule has 0 atom stereocenters. The Morgan fingerprint density at radius 2 is 2.15 bits per heavy atom. The van der Waals surface area contributed by atoms with Gasteiger partial charge in [-0.25, -0.2) is 0 Å². The van der Waals surface area contributed by atoms with Crippen molar-refractivity contribution in [1.82, 2.24) is 10.2 Å². The Morgan fingerprint density at radius 3 is 2.90 bits per heavy atom. The molecule has 2 rings (SSSR count). The number of anilines is 1. The number of halogens is 1. The molecule has 1 saturated heterocycles. The first kappa shape index (κ1) is 15.8. The quantitative estimate of drug-likeness (QED) is 0.764. The summed E-state index contributed by atoms with van der Waals surface area (Å²) >= 11 is 5.40. The van der Waals surface area contributed by atoms with Crippen molar-refractivity contribution in [1.29, 1.82) is 0 Å². The molecule has 4 nitrogen and oxygen atoms in total. The predicted molar refractivity (Wildman–Crippen MR) is 89.4 cm³/mol. The number of thioether (sulfide) groups is 1. The van der Waals surface area contributed by atoms with E-state index < -0.39 is 0 Å². The second kappa shape index (κ2) is 8.67. The molecule has 0 spiro atoms. The van der Waals surface area contributed by atoms with Gasteiger partial charge in [0.15, 0.2) is 0 Å². The van der Waals surface area contributed by atoms with E-state index in [1.165, 1.54) is 11.5 Å². The molecular formula is C14H20BrN3OS. The highest BCUT2D eigenvalue weighted by atomic mass is 79.9. The van der Waals surface area contributed by atoms with Crippen LogP contribution in [-0.4, -0.2) is 55.0 Å². The molecule has 6 heteroatoms. The maximum absolute atomic E-state index is 11.8. The normalized spacial score (nSPS) is 16.1. The number of rotatable bonds is 6. The zero-order chi connectivity index (χ0) is 14.2. The van der Waals surface area contributed by atoms with Gasteiger partial charge in [0.05, 0.1) is 6.54 Å². The predicted octanol–water partition coefficient (Wildman–Crippen LogP) is 2.03. The molecule has 1 aliphatic heterocycles. The first-order valence-electron chi connectivity index (χ1n) is 6.80. The zero-order valence-corrected chi connectivity index (χ0v) is 13.8. The standard InChI is InChI=1S/C14H20BrN3OS/c15-12-2-1-3-13(10-12)17-14(19)11-16-4-5-18-6-8-20-9-7-18/h1-3,10,16H,4-9,11H2,(H,17,19). The molecule has 1 amide bonds. The Kier molecular flexibility index (Phi) is 6.86. The smallest absolute Gasteiger partial charge is 0.238 e. The number of benzene rings is 1. The fourth-order valence-electron chi connectivity index (χ4n) is 2.04. The Hall–Kier alpha value is -0.560. The van der Waals surface area contributed by atoms with E-state index >= 15 is 0 Å². The molecule has 1 aromatic rings. The lowest BCUT2D eigenvalue weighted by atomic mass is 10.3. The lowest BCUT2D eigenvalue weighted by Gasteiger charge is -2.25. The van der Waals surface area contributed by atoms with Crippen LogP contribution in [0.2, 0.25) is 0 Å². The first-order chi connectivity index (χ1) is 9.74. The molecule has 1 aromatic carbocycles. The van der Waals surface area contributed by atoms with E-state index in [-0.39, 0.29) is 5.91 Å². The summed E-state index contributed by atoms with van der Waals surface area (Å²) in [7, 11) is 0. The third-order valence-corrected chi connectivity index (χ3v) is 4.54. The van der Waals surface area contributed by atoms with Gasteiger partial charge in [-0.15, -0.1) is 0 Å². The lowest BCUT2D eigenvalue weighted by molar-refractivity contribution is -0.115. The van der Waals surface area contributed by atoms with Crippen molar-refractivity contribution in [2.24, 2.45) is 0 Å². The number of hydrogen-bond acceptors (Lipinski definition) is 4. The van der Waals surface area contributed by atoms with Gasteiger partial charge in [-0.3, -0.25) is 4.79 Å². The average molecular weight is 358 g/mol. The summed E-state index contributed by atoms with van der Waals surface area (Å²) < 4.78 is 0.964. The Morgan fingerprint density at radius 1 is 1.35 bits per heavy atom. The van der Waals surface area contributed by atoms with Crippen molar-refractivity contribution in [3.8, 4) is 0 Å². The van der Waals surface area contributed by atoms with E-state index in [9.17, 15) is 4.79 Å². The van der Waals surface area contributed by atoms with E-state index in [1.54, 1.807) is 0 Å². The fraction of sp³-hybridized carbons (Fsp3) is 0.500. The lowest BCUT2D eigenvalue weighted by Crippen LogP contribution is -2.39. The summed E-state index contributed by atoms with van der Waals surface area (Å²) in [5.41, 5.74) is 0.819. The van der Waals surface area contributed by atoms with Gasteiger partial charge in [0, 0.05) is 47.8 Å². The maximum atomic E-state index is 11.8. The topological polar surface area (TPSA) is 44.4 Å². The van der Waals surface area contributed by atoms with Gasteiger partial charge in [-0.1, -0.05) is 22.0 Å². The highest BCUT2D eigenvalue weighted by Gasteiger charge is 2.09. The Balaban J connectivity index is 1.60. The van der Waals surface area contributed by atoms with Crippen LogP contribution in [-0.2, 0) is 4.79 Å². The van der Waals surface area contributed by atoms with Gasteiger partial charge in [0.2, 0.25) is 5.91 Å². The average Bonchev–Trinajstić information content (AvgIpc) is 2.45. The number of nitrogens with zero attached hydrogens (tertiary/aromatic N) is 1. The molecule has 1 heterocycles. The highest BCUT2D eigenvalue weighted by Crippen LogP contribution is 2.15. The van der Waals surface area contributed by atoms with E-state index in [4.69, 9.17) is 0 Å². The monoisotopic (exact) mass is 357 g/mol. The minimum atomic E-state index is -0.00250. The molecule has 110 valence electrons. The zero-order valence-electron chi connectivity index (χ0n) is 11.4. The molecule has 1 fully saturated rings. The molecule has 0 saturated carbocycles. The van der Waals surface area contributed by atoms with Crippen molar-refractivity contribution in [3.05, 3.63) is 28.7 Å². The summed E-state index contributed by atoms with van der Waals surface area (Å²) in [6, 6.07) is 7.61. The van der Waals surface area contributed by atoms with Crippen LogP contribution < -0.4 is 10.6 Å². The van der Waals surface area contributed by atoms with Crippen molar-refractivity contribution in [3.63, 3.8) is 0 Å². The second-order valence-corrected chi connectivity index (χ2v) is 6.83. The van der Waals surface area contributed by atoms with Crippen LogP contribution in [0.1, 0.15) is 0 Å². The van der Waals surface area contributed by atoms with Crippen molar-refractivity contribution >= 4 is 39.3 Å². The van der Waals surface area contributed by atoms with Crippen LogP contribution in [0, 0.1) is 0 Å². The summed E-state index contributed by atoms with van der Waals surface area (Å²) in [5, 5.41) is 6.07. The maximum Gasteiger partial charge on any atom is 0.238 e. The van der Waals surface area contributed by atoms with Crippen molar-refractivity contribution in [2.45, 2.75) is 0 Å². The van der Waals surface area contributed by atoms with Gasteiger partial charge < -0.3 is 15.5 Å². The third kappa shape index (κ3) is 5.83. The van der Waals surface area contributed by atoms with E-state index in [0.29, 0.717) is 6.54 Å². The summed E-state index contributed by atoms with van der Waals surface area (Å²) in [5.74, 6) is 2.45. The number of carbonyl (C=O) groups excluding carboxylic acids is 1. The van der Waals surface area contributed by atoms with Crippen molar-refractivity contribution < 1.29 is 4.79 Å². The van der Waals surface area contributed by atoms with Crippen LogP contribution in [0.4, 0.5) is 5.69 Å². The molecule has 2 N–H and O–H groups in total. The summed E-state index contributed by atoms with van der Waals surface area (Å²) in [6.07, 6.45) is 0. The number of amides is 1. The molecule has 0 aromatic heterocycles. The summed E-state index contributed by atoms with van der Waals surface area (Å²) in [4.78, 5) is 14.2. The largest absolute Gasteiger partial charge is 0.325 e. The van der Waals surface area contributed by atoms with Crippen molar-refractivity contribution in [2.75, 3.05) is 49.5 Å². The van der Waals surface area contributed by atoms with Crippen LogP contribution in [0.25, 0.3) is 0 Å². The van der Waals surface area contributed by atoms with Gasteiger partial charge in [-0.2, -0.15) is 11.8 Å². The van der Waals surface area contributed by atoms with E-state index in [1.807, 2.05) is 36.0 Å². The minimum Gasteiger partial charge on any atom is -0.325 e. The molecule has 0 aliphatic carbocycles. The number of carbonyl (C=O) groups is 1. The van der Waals surface area contributed by atoms with Gasteiger partial charge >= 0.3 is 0 Å². The SMILES string of the molecule is O=C(CNCCN1CCSCC1)Nc1cccc(Br)c1. The number of nitrogens with one attached hydrogen (secondary N) is 2. The molecule has 1 aliphatic rings. The molecule has 0 radical (unpaired) electrons. The van der Waals surface area contributed by atoms with Crippen LogP contribution in [0.3, 0.4) is 0 Å². The fourth-order valence-corrected chi connectivity index (χ4v) is 3.41. The highest BCUT2D eigenvalue weighted by molar-refractivity contribution is 9.10. The Labute approximate surface area is 132 Å². The van der Waals surface area contributed by atoms with Crippen LogP contribution in [0.15, 0.2) is 28.7 Å². The molecular weight excluding hydrogens is 338 g/mol. The third-order valence-electron chi connectivity index (χ3n) is 3.10. The van der Waals surface area contributed by atoms with Crippen LogP contribution >= 0.6 is 27.7 Å². The number of hydrogen-bond donors (Lipinski definition) is 2. The minimum absolute atomic E-state index is 0.00250.